The van der Waals surface area contributed by atoms with Crippen LogP contribution < -0.4 is 15.4 Å². The lowest BCUT2D eigenvalue weighted by molar-refractivity contribution is -0.123. The van der Waals surface area contributed by atoms with Crippen LogP contribution in [0, 0.1) is 5.92 Å². The summed E-state index contributed by atoms with van der Waals surface area (Å²) in [6.07, 6.45) is 0.155. The van der Waals surface area contributed by atoms with Gasteiger partial charge in [0, 0.05) is 13.0 Å². The number of hydrogen-bond donors (Lipinski definition) is 1. The molecular weight excluding hydrogens is 292 g/mol. The summed E-state index contributed by atoms with van der Waals surface area (Å²) in [6, 6.07) is 17.2. The highest BCUT2D eigenvalue weighted by atomic mass is 16.5. The molecule has 2 aromatic rings. The van der Waals surface area contributed by atoms with Crippen LogP contribution in [0.25, 0.3) is 0 Å². The lowest BCUT2D eigenvalue weighted by Crippen LogP contribution is -2.28. The van der Waals surface area contributed by atoms with Gasteiger partial charge in [-0.3, -0.25) is 9.59 Å². The summed E-state index contributed by atoms with van der Waals surface area (Å²) in [5.74, 6) is -0.368. The third kappa shape index (κ3) is 3.34. The van der Waals surface area contributed by atoms with Crippen LogP contribution in [0.1, 0.15) is 12.0 Å². The third-order valence-electron chi connectivity index (χ3n) is 3.92. The van der Waals surface area contributed by atoms with Crippen molar-refractivity contribution in [3.05, 3.63) is 60.2 Å². The zero-order valence-corrected chi connectivity index (χ0v) is 12.6. The molecule has 0 spiro atoms. The monoisotopic (exact) mass is 310 g/mol. The molecule has 5 heteroatoms. The highest BCUT2D eigenvalue weighted by molar-refractivity contribution is 6.01. The summed E-state index contributed by atoms with van der Waals surface area (Å²) in [7, 11) is 0. The van der Waals surface area contributed by atoms with Crippen LogP contribution in [0.3, 0.4) is 0 Å². The Morgan fingerprint density at radius 3 is 2.52 bits per heavy atom. The number of rotatable bonds is 5. The van der Waals surface area contributed by atoms with Crippen LogP contribution in [-0.4, -0.2) is 18.4 Å². The largest absolute Gasteiger partial charge is 0.487 e. The van der Waals surface area contributed by atoms with E-state index in [-0.39, 0.29) is 12.3 Å². The van der Waals surface area contributed by atoms with Gasteiger partial charge in [0.05, 0.1) is 11.6 Å². The van der Waals surface area contributed by atoms with Gasteiger partial charge in [-0.25, -0.2) is 0 Å². The van der Waals surface area contributed by atoms with Gasteiger partial charge in [-0.05, 0) is 17.7 Å². The molecule has 3 rings (SSSR count). The van der Waals surface area contributed by atoms with Gasteiger partial charge < -0.3 is 15.4 Å². The van der Waals surface area contributed by atoms with Crippen molar-refractivity contribution in [1.82, 2.24) is 0 Å². The summed E-state index contributed by atoms with van der Waals surface area (Å²) in [5, 5.41) is 0. The van der Waals surface area contributed by atoms with Crippen LogP contribution in [0.5, 0.6) is 5.75 Å². The van der Waals surface area contributed by atoms with Gasteiger partial charge in [0.25, 0.3) is 0 Å². The first-order valence-electron chi connectivity index (χ1n) is 7.50. The fourth-order valence-electron chi connectivity index (χ4n) is 2.67. The van der Waals surface area contributed by atoms with Gasteiger partial charge >= 0.3 is 0 Å². The van der Waals surface area contributed by atoms with E-state index in [1.807, 2.05) is 54.6 Å². The van der Waals surface area contributed by atoms with Crippen molar-refractivity contribution in [3.8, 4) is 5.75 Å². The topological polar surface area (TPSA) is 72.6 Å². The van der Waals surface area contributed by atoms with Gasteiger partial charge in [0.15, 0.2) is 0 Å². The average Bonchev–Trinajstić information content (AvgIpc) is 2.96. The van der Waals surface area contributed by atoms with Crippen molar-refractivity contribution in [3.63, 3.8) is 0 Å². The summed E-state index contributed by atoms with van der Waals surface area (Å²) < 4.78 is 5.87. The number of ether oxygens (including phenoxy) is 1. The summed E-state index contributed by atoms with van der Waals surface area (Å²) >= 11 is 0. The van der Waals surface area contributed by atoms with Crippen LogP contribution in [0.2, 0.25) is 0 Å². The van der Waals surface area contributed by atoms with Crippen LogP contribution >= 0.6 is 0 Å². The van der Waals surface area contributed by atoms with Crippen molar-refractivity contribution >= 4 is 17.5 Å². The van der Waals surface area contributed by atoms with Crippen molar-refractivity contribution in [2.75, 3.05) is 11.4 Å². The Hall–Kier alpha value is -2.82. The lowest BCUT2D eigenvalue weighted by atomic mass is 10.1. The van der Waals surface area contributed by atoms with Crippen LogP contribution in [-0.2, 0) is 16.2 Å². The number of nitrogens with zero attached hydrogens (tertiary/aromatic N) is 1. The Bertz CT molecular complexity index is 715. The van der Waals surface area contributed by atoms with E-state index in [0.717, 1.165) is 5.56 Å². The predicted octanol–water partition coefficient (Wildman–Crippen LogP) is 2.10. The third-order valence-corrected chi connectivity index (χ3v) is 3.92. The molecule has 1 aliphatic rings. The molecule has 0 aliphatic carbocycles. The van der Waals surface area contributed by atoms with Crippen molar-refractivity contribution in [2.45, 2.75) is 13.0 Å². The van der Waals surface area contributed by atoms with Gasteiger partial charge in [0.2, 0.25) is 11.8 Å². The van der Waals surface area contributed by atoms with E-state index in [2.05, 4.69) is 0 Å². The number of nitrogens with two attached hydrogens (primary N) is 1. The Labute approximate surface area is 134 Å². The fourth-order valence-corrected chi connectivity index (χ4v) is 2.67. The maximum Gasteiger partial charge on any atom is 0.227 e. The molecule has 1 heterocycles. The molecule has 0 aromatic heterocycles. The maximum absolute atomic E-state index is 12.2. The number of carbonyl (C=O) groups is 2. The number of hydrogen-bond acceptors (Lipinski definition) is 3. The molecular formula is C18H18N2O3. The summed E-state index contributed by atoms with van der Waals surface area (Å²) in [4.78, 5) is 25.1. The normalized spacial score (nSPS) is 17.3. The second-order valence-electron chi connectivity index (χ2n) is 5.55. The number of para-hydroxylation sites is 2. The molecule has 1 unspecified atom stereocenters. The van der Waals surface area contributed by atoms with E-state index < -0.39 is 11.8 Å². The van der Waals surface area contributed by atoms with E-state index in [1.54, 1.807) is 4.90 Å². The van der Waals surface area contributed by atoms with E-state index in [4.69, 9.17) is 10.5 Å². The van der Waals surface area contributed by atoms with Crippen molar-refractivity contribution < 1.29 is 14.3 Å². The van der Waals surface area contributed by atoms with Crippen LogP contribution in [0.15, 0.2) is 54.6 Å². The van der Waals surface area contributed by atoms with Gasteiger partial charge in [-0.15, -0.1) is 0 Å². The van der Waals surface area contributed by atoms with Crippen LogP contribution in [0.4, 0.5) is 5.69 Å². The predicted molar refractivity (Wildman–Crippen MR) is 86.9 cm³/mol. The SMILES string of the molecule is NC(=O)C1CC(=O)N(c2ccccc2OCc2ccccc2)C1. The highest BCUT2D eigenvalue weighted by Crippen LogP contribution is 2.33. The number of benzene rings is 2. The first-order chi connectivity index (χ1) is 11.1. The van der Waals surface area contributed by atoms with E-state index in [9.17, 15) is 9.59 Å². The Kier molecular flexibility index (Phi) is 4.28. The molecule has 2 amide bonds. The molecule has 1 saturated heterocycles. The van der Waals surface area contributed by atoms with E-state index in [0.29, 0.717) is 24.6 Å². The molecule has 5 nitrogen and oxygen atoms in total. The minimum Gasteiger partial charge on any atom is -0.487 e. The minimum absolute atomic E-state index is 0.107. The van der Waals surface area contributed by atoms with Gasteiger partial charge in [-0.1, -0.05) is 42.5 Å². The summed E-state index contributed by atoms with van der Waals surface area (Å²) in [5.41, 5.74) is 7.05. The molecule has 1 atom stereocenters. The molecule has 0 saturated carbocycles. The first-order valence-corrected chi connectivity index (χ1v) is 7.50. The molecule has 2 aromatic carbocycles. The smallest absolute Gasteiger partial charge is 0.227 e. The Morgan fingerprint density at radius 1 is 1.13 bits per heavy atom. The molecule has 1 fully saturated rings. The molecule has 2 N–H and O–H groups in total. The second-order valence-corrected chi connectivity index (χ2v) is 5.55. The van der Waals surface area contributed by atoms with E-state index >= 15 is 0 Å². The average molecular weight is 310 g/mol. The Balaban J connectivity index is 1.78. The molecule has 1 aliphatic heterocycles. The summed E-state index contributed by atoms with van der Waals surface area (Å²) in [6.45, 7) is 0.721. The highest BCUT2D eigenvalue weighted by Gasteiger charge is 2.35. The van der Waals surface area contributed by atoms with Crippen molar-refractivity contribution in [1.29, 1.82) is 0 Å². The number of amides is 2. The zero-order valence-electron chi connectivity index (χ0n) is 12.6. The second kappa shape index (κ2) is 6.52. The Morgan fingerprint density at radius 2 is 1.83 bits per heavy atom. The van der Waals surface area contributed by atoms with Gasteiger partial charge in [-0.2, -0.15) is 0 Å². The van der Waals surface area contributed by atoms with E-state index in [1.165, 1.54) is 0 Å². The standard InChI is InChI=1S/C18H18N2O3/c19-18(22)14-10-17(21)20(11-14)15-8-4-5-9-16(15)23-12-13-6-2-1-3-7-13/h1-9,14H,10-12H2,(H2,19,22). The van der Waals surface area contributed by atoms with Crippen molar-refractivity contribution in [2.24, 2.45) is 11.7 Å². The first kappa shape index (κ1) is 15.1. The number of carbonyl (C=O) groups excluding carboxylic acids is 2. The molecule has 118 valence electrons. The zero-order chi connectivity index (χ0) is 16.2. The molecule has 0 bridgehead atoms. The number of primary amides is 1. The molecule has 23 heavy (non-hydrogen) atoms. The number of anilines is 1. The molecule has 0 radical (unpaired) electrons. The minimum atomic E-state index is -0.441. The quantitative estimate of drug-likeness (QED) is 0.919. The van der Waals surface area contributed by atoms with Gasteiger partial charge in [0.1, 0.15) is 12.4 Å². The lowest BCUT2D eigenvalue weighted by Gasteiger charge is -2.20. The maximum atomic E-state index is 12.2. The fraction of sp³-hybridized carbons (Fsp3) is 0.222.